The molecule has 1 fully saturated rings. The van der Waals surface area contributed by atoms with E-state index in [4.69, 9.17) is 22.9 Å². The minimum absolute atomic E-state index is 0.0442. The second kappa shape index (κ2) is 20.4. The van der Waals surface area contributed by atoms with E-state index in [1.165, 1.54) is 4.90 Å². The lowest BCUT2D eigenvalue weighted by Crippen LogP contribution is -2.54. The predicted octanol–water partition coefficient (Wildman–Crippen LogP) is -5.48. The van der Waals surface area contributed by atoms with Crippen LogP contribution in [0.1, 0.15) is 44.9 Å². The molecule has 0 aromatic rings. The van der Waals surface area contributed by atoms with Gasteiger partial charge in [0, 0.05) is 13.1 Å². The molecule has 0 unspecified atom stereocenters. The standard InChI is InChI=1S/C25H45N11O8/c26-8-2-1-5-15(22(41)35-16(24(43)44)6-3-9-30-25(28)29)34-20(39)13-33-23(42)17-7-4-10-36(17)21(40)14-32-19(38)12-31-18(37)11-27/h15-17H,1-14,26-27H2,(H,31,37)(H,32,38)(H,33,42)(H,34,39)(H,35,41)(H,43,44)(H4,28,29,30)/t15-,16-,17-/m0/s1. The molecular weight excluding hydrogens is 582 g/mol. The van der Waals surface area contributed by atoms with Crippen molar-refractivity contribution in [3.63, 3.8) is 0 Å². The van der Waals surface area contributed by atoms with Crippen LogP contribution in [0.4, 0.5) is 0 Å². The fourth-order valence-corrected chi connectivity index (χ4v) is 4.25. The first-order chi connectivity index (χ1) is 20.9. The summed E-state index contributed by atoms with van der Waals surface area (Å²) < 4.78 is 0. The van der Waals surface area contributed by atoms with Crippen LogP contribution in [0.2, 0.25) is 0 Å². The van der Waals surface area contributed by atoms with Crippen LogP contribution in [-0.4, -0.2) is 121 Å². The summed E-state index contributed by atoms with van der Waals surface area (Å²) in [5.74, 6) is -5.08. The highest BCUT2D eigenvalue weighted by atomic mass is 16.4. The van der Waals surface area contributed by atoms with Crippen LogP contribution < -0.4 is 49.5 Å². The van der Waals surface area contributed by atoms with Crippen molar-refractivity contribution >= 4 is 47.4 Å². The minimum atomic E-state index is -1.27. The summed E-state index contributed by atoms with van der Waals surface area (Å²) in [5, 5.41) is 21.5. The Kier molecular flexibility index (Phi) is 17.4. The summed E-state index contributed by atoms with van der Waals surface area (Å²) >= 11 is 0. The average Bonchev–Trinajstić information content (AvgIpc) is 3.48. The van der Waals surface area contributed by atoms with E-state index < -0.39 is 72.6 Å². The highest BCUT2D eigenvalue weighted by Gasteiger charge is 2.34. The maximum atomic E-state index is 12.9. The summed E-state index contributed by atoms with van der Waals surface area (Å²) in [5.41, 5.74) is 21.2. The molecule has 248 valence electrons. The van der Waals surface area contributed by atoms with Crippen molar-refractivity contribution in [3.8, 4) is 0 Å². The van der Waals surface area contributed by atoms with E-state index in [0.717, 1.165) is 0 Å². The van der Waals surface area contributed by atoms with Crippen molar-refractivity contribution in [2.45, 2.75) is 63.1 Å². The maximum Gasteiger partial charge on any atom is 0.326 e. The molecule has 19 heteroatoms. The summed E-state index contributed by atoms with van der Waals surface area (Å²) in [4.78, 5) is 90.7. The van der Waals surface area contributed by atoms with Gasteiger partial charge in [0.25, 0.3) is 0 Å². The molecule has 0 radical (unpaired) electrons. The number of carbonyl (C=O) groups excluding carboxylic acids is 6. The van der Waals surface area contributed by atoms with Gasteiger partial charge < -0.3 is 59.5 Å². The van der Waals surface area contributed by atoms with Crippen molar-refractivity contribution < 1.29 is 38.7 Å². The van der Waals surface area contributed by atoms with Gasteiger partial charge in [-0.15, -0.1) is 0 Å². The van der Waals surface area contributed by atoms with Gasteiger partial charge in [-0.1, -0.05) is 0 Å². The Morgan fingerprint density at radius 3 is 2.11 bits per heavy atom. The summed E-state index contributed by atoms with van der Waals surface area (Å²) in [6.45, 7) is -0.751. The molecule has 3 atom stereocenters. The molecule has 1 heterocycles. The van der Waals surface area contributed by atoms with Gasteiger partial charge in [0.2, 0.25) is 35.4 Å². The Bertz CT molecular complexity index is 1050. The summed E-state index contributed by atoms with van der Waals surface area (Å²) in [6, 6.07) is -3.21. The van der Waals surface area contributed by atoms with E-state index in [-0.39, 0.29) is 51.4 Å². The van der Waals surface area contributed by atoms with Gasteiger partial charge in [-0.05, 0) is 51.5 Å². The Morgan fingerprint density at radius 1 is 0.818 bits per heavy atom. The van der Waals surface area contributed by atoms with Crippen LogP contribution >= 0.6 is 0 Å². The quantitative estimate of drug-likeness (QED) is 0.0343. The molecule has 0 bridgehead atoms. The van der Waals surface area contributed by atoms with Gasteiger partial charge in [-0.25, -0.2) is 4.79 Å². The Balaban J connectivity index is 2.68. The lowest BCUT2D eigenvalue weighted by Gasteiger charge is -2.24. The molecule has 14 N–H and O–H groups in total. The zero-order chi connectivity index (χ0) is 33.1. The van der Waals surface area contributed by atoms with E-state index in [9.17, 15) is 38.7 Å². The van der Waals surface area contributed by atoms with E-state index in [0.29, 0.717) is 32.2 Å². The van der Waals surface area contributed by atoms with Crippen molar-refractivity contribution in [3.05, 3.63) is 0 Å². The highest BCUT2D eigenvalue weighted by molar-refractivity contribution is 5.94. The number of carbonyl (C=O) groups is 7. The SMILES string of the molecule is NCCCC[C@H](NC(=O)CNC(=O)[C@@H]1CCCN1C(=O)CNC(=O)CNC(=O)CN)C(=O)N[C@@H](CCCN=C(N)N)C(=O)O. The summed E-state index contributed by atoms with van der Waals surface area (Å²) in [7, 11) is 0. The topological polar surface area (TPSA) is 320 Å². The van der Waals surface area contributed by atoms with Crippen LogP contribution in [0.25, 0.3) is 0 Å². The van der Waals surface area contributed by atoms with Gasteiger partial charge in [0.05, 0.1) is 26.2 Å². The van der Waals surface area contributed by atoms with Crippen molar-refractivity contribution in [1.29, 1.82) is 0 Å². The number of unbranched alkanes of at least 4 members (excludes halogenated alkanes) is 1. The van der Waals surface area contributed by atoms with Gasteiger partial charge >= 0.3 is 5.97 Å². The number of nitrogens with zero attached hydrogens (tertiary/aromatic N) is 2. The third-order valence-corrected chi connectivity index (χ3v) is 6.53. The molecule has 0 aromatic heterocycles. The monoisotopic (exact) mass is 627 g/mol. The number of nitrogens with two attached hydrogens (primary N) is 4. The molecule has 0 aromatic carbocycles. The Morgan fingerprint density at radius 2 is 1.48 bits per heavy atom. The molecule has 0 saturated carbocycles. The second-order valence-electron chi connectivity index (χ2n) is 9.97. The molecule has 1 aliphatic rings. The molecule has 6 amide bonds. The third-order valence-electron chi connectivity index (χ3n) is 6.53. The van der Waals surface area contributed by atoms with Crippen LogP contribution in [0.3, 0.4) is 0 Å². The number of hydrogen-bond acceptors (Lipinski definition) is 10. The maximum absolute atomic E-state index is 12.9. The van der Waals surface area contributed by atoms with Crippen molar-refractivity contribution in [1.82, 2.24) is 31.5 Å². The lowest BCUT2D eigenvalue weighted by molar-refractivity contribution is -0.142. The fraction of sp³-hybridized carbons (Fsp3) is 0.680. The Hall–Kier alpha value is -4.52. The van der Waals surface area contributed by atoms with Gasteiger partial charge in [0.1, 0.15) is 18.1 Å². The van der Waals surface area contributed by atoms with E-state index in [1.807, 2.05) is 0 Å². The number of carboxylic acids is 1. The normalized spacial score (nSPS) is 15.3. The number of amides is 6. The van der Waals surface area contributed by atoms with Crippen molar-refractivity contribution in [2.24, 2.45) is 27.9 Å². The molecule has 19 nitrogen and oxygen atoms in total. The molecule has 0 spiro atoms. The second-order valence-corrected chi connectivity index (χ2v) is 9.97. The number of aliphatic carboxylic acids is 1. The number of carboxylic acid groups (broad SMARTS) is 1. The van der Waals surface area contributed by atoms with Crippen LogP contribution in [0.15, 0.2) is 4.99 Å². The molecule has 1 aliphatic heterocycles. The number of guanidine groups is 1. The largest absolute Gasteiger partial charge is 0.480 e. The highest BCUT2D eigenvalue weighted by Crippen LogP contribution is 2.17. The van der Waals surface area contributed by atoms with Gasteiger partial charge in [0.15, 0.2) is 5.96 Å². The first kappa shape index (κ1) is 37.5. The molecule has 1 rings (SSSR count). The van der Waals surface area contributed by atoms with Crippen LogP contribution in [0, 0.1) is 0 Å². The van der Waals surface area contributed by atoms with Crippen molar-refractivity contribution in [2.75, 3.05) is 45.8 Å². The summed E-state index contributed by atoms with van der Waals surface area (Å²) in [6.07, 6.45) is 2.40. The minimum Gasteiger partial charge on any atom is -0.480 e. The fourth-order valence-electron chi connectivity index (χ4n) is 4.25. The van der Waals surface area contributed by atoms with E-state index in [1.54, 1.807) is 0 Å². The molecular formula is C25H45N11O8. The van der Waals surface area contributed by atoms with Crippen LogP contribution in [-0.2, 0) is 33.6 Å². The first-order valence-electron chi connectivity index (χ1n) is 14.3. The number of aliphatic imine (C=N–C) groups is 1. The van der Waals surface area contributed by atoms with Crippen LogP contribution in [0.5, 0.6) is 0 Å². The number of rotatable bonds is 20. The van der Waals surface area contributed by atoms with Gasteiger partial charge in [-0.2, -0.15) is 0 Å². The van der Waals surface area contributed by atoms with Gasteiger partial charge in [-0.3, -0.25) is 33.8 Å². The Labute approximate surface area is 254 Å². The zero-order valence-electron chi connectivity index (χ0n) is 24.6. The molecule has 44 heavy (non-hydrogen) atoms. The first-order valence-corrected chi connectivity index (χ1v) is 14.3. The number of likely N-dealkylation sites (tertiary alicyclic amines) is 1. The molecule has 0 aliphatic carbocycles. The predicted molar refractivity (Wildman–Crippen MR) is 157 cm³/mol. The average molecular weight is 628 g/mol. The third kappa shape index (κ3) is 14.6. The number of hydrogen-bond donors (Lipinski definition) is 10. The smallest absolute Gasteiger partial charge is 0.326 e. The van der Waals surface area contributed by atoms with E-state index in [2.05, 4.69) is 31.6 Å². The zero-order valence-corrected chi connectivity index (χ0v) is 24.6. The number of nitrogens with one attached hydrogen (secondary N) is 5. The lowest BCUT2D eigenvalue weighted by atomic mass is 10.1. The van der Waals surface area contributed by atoms with E-state index >= 15 is 0 Å². The molecule has 1 saturated heterocycles.